The van der Waals surface area contributed by atoms with Crippen LogP contribution in [0.15, 0.2) is 24.8 Å². The first-order chi connectivity index (χ1) is 6.79. The summed E-state index contributed by atoms with van der Waals surface area (Å²) in [6, 6.07) is 6.42. The second kappa shape index (κ2) is 6.23. The Morgan fingerprint density at radius 2 is 2.14 bits per heavy atom. The third kappa shape index (κ3) is 3.12. The van der Waals surface area contributed by atoms with E-state index in [1.165, 1.54) is 40.4 Å². The monoisotopic (exact) mass is 300 g/mol. The number of hydrogen-bond donors (Lipinski definition) is 0. The van der Waals surface area contributed by atoms with Crippen molar-refractivity contribution in [2.45, 2.75) is 32.6 Å². The molecular weight excluding hydrogens is 283 g/mol. The molecule has 0 bridgehead atoms. The highest BCUT2D eigenvalue weighted by atomic mass is 127. The molecule has 0 aliphatic carbocycles. The first-order valence-electron chi connectivity index (χ1n) is 5.19. The van der Waals surface area contributed by atoms with E-state index >= 15 is 0 Å². The van der Waals surface area contributed by atoms with Crippen molar-refractivity contribution in [2.75, 3.05) is 0 Å². The van der Waals surface area contributed by atoms with E-state index in [2.05, 4.69) is 54.3 Å². The van der Waals surface area contributed by atoms with Gasteiger partial charge in [-0.1, -0.05) is 44.6 Å². The fourth-order valence-corrected chi connectivity index (χ4v) is 2.37. The summed E-state index contributed by atoms with van der Waals surface area (Å²) in [4.78, 5) is 0. The van der Waals surface area contributed by atoms with E-state index in [4.69, 9.17) is 0 Å². The SMILES string of the molecule is C=Cc1cccc(I)c1CCCCC. The van der Waals surface area contributed by atoms with Crippen molar-refractivity contribution >= 4 is 28.7 Å². The second-order valence-corrected chi connectivity index (χ2v) is 4.63. The largest absolute Gasteiger partial charge is 0.0985 e. The minimum absolute atomic E-state index is 1.19. The zero-order chi connectivity index (χ0) is 10.4. The Morgan fingerprint density at radius 1 is 1.36 bits per heavy atom. The van der Waals surface area contributed by atoms with Gasteiger partial charge in [0, 0.05) is 3.57 Å². The highest BCUT2D eigenvalue weighted by molar-refractivity contribution is 14.1. The molecule has 1 rings (SSSR count). The average molecular weight is 300 g/mol. The van der Waals surface area contributed by atoms with Crippen LogP contribution in [0.25, 0.3) is 6.08 Å². The van der Waals surface area contributed by atoms with Gasteiger partial charge in [0.1, 0.15) is 0 Å². The summed E-state index contributed by atoms with van der Waals surface area (Å²) < 4.78 is 1.37. The molecule has 0 amide bonds. The van der Waals surface area contributed by atoms with E-state index in [0.717, 1.165) is 0 Å². The molecule has 0 aromatic heterocycles. The number of halogens is 1. The molecular formula is C13H17I. The molecule has 0 saturated carbocycles. The van der Waals surface area contributed by atoms with Gasteiger partial charge in [-0.15, -0.1) is 0 Å². The van der Waals surface area contributed by atoms with Gasteiger partial charge in [0.05, 0.1) is 0 Å². The average Bonchev–Trinajstić information content (AvgIpc) is 2.20. The summed E-state index contributed by atoms with van der Waals surface area (Å²) in [6.45, 7) is 6.10. The standard InChI is InChI=1S/C13H17I/c1-3-5-6-9-12-11(4-2)8-7-10-13(12)14/h4,7-8,10H,2-3,5-6,9H2,1H3. The molecule has 0 fully saturated rings. The van der Waals surface area contributed by atoms with E-state index in [1.807, 2.05) is 6.08 Å². The summed E-state index contributed by atoms with van der Waals surface area (Å²) in [5.41, 5.74) is 2.77. The highest BCUT2D eigenvalue weighted by Gasteiger charge is 2.02. The third-order valence-electron chi connectivity index (χ3n) is 2.41. The highest BCUT2D eigenvalue weighted by Crippen LogP contribution is 2.20. The number of rotatable bonds is 5. The Balaban J connectivity index is 2.77. The topological polar surface area (TPSA) is 0 Å². The first kappa shape index (κ1) is 11.8. The lowest BCUT2D eigenvalue weighted by Crippen LogP contribution is -1.93. The first-order valence-corrected chi connectivity index (χ1v) is 6.27. The fraction of sp³-hybridized carbons (Fsp3) is 0.385. The summed E-state index contributed by atoms with van der Waals surface area (Å²) in [5, 5.41) is 0. The van der Waals surface area contributed by atoms with Crippen LogP contribution in [0.4, 0.5) is 0 Å². The van der Waals surface area contributed by atoms with E-state index < -0.39 is 0 Å². The summed E-state index contributed by atoms with van der Waals surface area (Å²) in [6.07, 6.45) is 7.05. The molecule has 76 valence electrons. The van der Waals surface area contributed by atoms with Crippen molar-refractivity contribution in [1.82, 2.24) is 0 Å². The molecule has 0 nitrogen and oxygen atoms in total. The maximum atomic E-state index is 3.86. The molecule has 0 N–H and O–H groups in total. The Bertz CT molecular complexity index is 302. The van der Waals surface area contributed by atoms with E-state index in [1.54, 1.807) is 0 Å². The minimum atomic E-state index is 1.19. The smallest absolute Gasteiger partial charge is 0.0168 e. The molecule has 0 atom stereocenters. The van der Waals surface area contributed by atoms with Gasteiger partial charge in [0.25, 0.3) is 0 Å². The van der Waals surface area contributed by atoms with Gasteiger partial charge in [-0.25, -0.2) is 0 Å². The van der Waals surface area contributed by atoms with Gasteiger partial charge < -0.3 is 0 Å². The number of benzene rings is 1. The summed E-state index contributed by atoms with van der Waals surface area (Å²) >= 11 is 2.41. The van der Waals surface area contributed by atoms with Gasteiger partial charge in [-0.05, 0) is 52.6 Å². The summed E-state index contributed by atoms with van der Waals surface area (Å²) in [7, 11) is 0. The Kier molecular flexibility index (Phi) is 5.23. The molecule has 0 aliphatic heterocycles. The lowest BCUT2D eigenvalue weighted by molar-refractivity contribution is 0.715. The lowest BCUT2D eigenvalue weighted by atomic mass is 10.0. The van der Waals surface area contributed by atoms with Gasteiger partial charge in [-0.2, -0.15) is 0 Å². The molecule has 1 aromatic carbocycles. The van der Waals surface area contributed by atoms with Crippen molar-refractivity contribution in [3.8, 4) is 0 Å². The predicted octanol–water partition coefficient (Wildman–Crippen LogP) is 4.67. The molecule has 1 aromatic rings. The fourth-order valence-electron chi connectivity index (χ4n) is 1.58. The molecule has 0 spiro atoms. The normalized spacial score (nSPS) is 10.1. The Hall–Kier alpha value is -0.310. The van der Waals surface area contributed by atoms with E-state index in [-0.39, 0.29) is 0 Å². The van der Waals surface area contributed by atoms with Crippen molar-refractivity contribution in [1.29, 1.82) is 0 Å². The van der Waals surface area contributed by atoms with Gasteiger partial charge >= 0.3 is 0 Å². The van der Waals surface area contributed by atoms with Crippen LogP contribution in [0.2, 0.25) is 0 Å². The molecule has 0 aliphatic rings. The molecule has 0 radical (unpaired) electrons. The zero-order valence-corrected chi connectivity index (χ0v) is 10.9. The van der Waals surface area contributed by atoms with Gasteiger partial charge in [0.2, 0.25) is 0 Å². The van der Waals surface area contributed by atoms with Crippen molar-refractivity contribution in [2.24, 2.45) is 0 Å². The van der Waals surface area contributed by atoms with Crippen molar-refractivity contribution < 1.29 is 0 Å². The maximum Gasteiger partial charge on any atom is 0.0168 e. The van der Waals surface area contributed by atoms with Crippen LogP contribution in [-0.4, -0.2) is 0 Å². The van der Waals surface area contributed by atoms with Crippen LogP contribution in [0.1, 0.15) is 37.3 Å². The van der Waals surface area contributed by atoms with E-state index in [9.17, 15) is 0 Å². The summed E-state index contributed by atoms with van der Waals surface area (Å²) in [5.74, 6) is 0. The van der Waals surface area contributed by atoms with Crippen molar-refractivity contribution in [3.05, 3.63) is 39.5 Å². The Morgan fingerprint density at radius 3 is 2.79 bits per heavy atom. The molecule has 0 heterocycles. The van der Waals surface area contributed by atoms with Crippen LogP contribution in [0.3, 0.4) is 0 Å². The van der Waals surface area contributed by atoms with Crippen molar-refractivity contribution in [3.63, 3.8) is 0 Å². The van der Waals surface area contributed by atoms with Crippen LogP contribution in [0, 0.1) is 3.57 Å². The third-order valence-corrected chi connectivity index (χ3v) is 3.42. The lowest BCUT2D eigenvalue weighted by Gasteiger charge is -2.08. The molecule has 14 heavy (non-hydrogen) atoms. The van der Waals surface area contributed by atoms with Crippen LogP contribution < -0.4 is 0 Å². The molecule has 1 heteroatoms. The predicted molar refractivity (Wildman–Crippen MR) is 72.5 cm³/mol. The van der Waals surface area contributed by atoms with Crippen LogP contribution in [-0.2, 0) is 6.42 Å². The van der Waals surface area contributed by atoms with Crippen LogP contribution >= 0.6 is 22.6 Å². The number of unbranched alkanes of at least 4 members (excludes halogenated alkanes) is 2. The number of hydrogen-bond acceptors (Lipinski definition) is 0. The zero-order valence-electron chi connectivity index (χ0n) is 8.72. The quantitative estimate of drug-likeness (QED) is 0.548. The maximum absolute atomic E-state index is 3.86. The van der Waals surface area contributed by atoms with E-state index in [0.29, 0.717) is 0 Å². The minimum Gasteiger partial charge on any atom is -0.0985 e. The van der Waals surface area contributed by atoms with Crippen LogP contribution in [0.5, 0.6) is 0 Å². The van der Waals surface area contributed by atoms with Gasteiger partial charge in [-0.3, -0.25) is 0 Å². The molecule has 0 saturated heterocycles. The Labute approximate surface area is 101 Å². The second-order valence-electron chi connectivity index (χ2n) is 3.47. The molecule has 0 unspecified atom stereocenters. The van der Waals surface area contributed by atoms with Gasteiger partial charge in [0.15, 0.2) is 0 Å².